The third kappa shape index (κ3) is 2.29. The fourth-order valence-corrected chi connectivity index (χ4v) is 2.99. The van der Waals surface area contributed by atoms with Crippen molar-refractivity contribution in [3.63, 3.8) is 0 Å². The molecule has 1 heterocycles. The summed E-state index contributed by atoms with van der Waals surface area (Å²) in [5.74, 6) is 1.02. The zero-order valence-electron chi connectivity index (χ0n) is 9.63. The van der Waals surface area contributed by atoms with E-state index >= 15 is 0 Å². The van der Waals surface area contributed by atoms with Crippen LogP contribution in [0.3, 0.4) is 0 Å². The maximum atomic E-state index is 3.55. The van der Waals surface area contributed by atoms with Crippen LogP contribution in [0.1, 0.15) is 39.0 Å². The maximum absolute atomic E-state index is 3.55. The summed E-state index contributed by atoms with van der Waals surface area (Å²) in [5, 5.41) is 3.55. The summed E-state index contributed by atoms with van der Waals surface area (Å²) in [6.45, 7) is 4.70. The van der Waals surface area contributed by atoms with Crippen LogP contribution >= 0.6 is 0 Å². The van der Waals surface area contributed by atoms with Gasteiger partial charge in [0.15, 0.2) is 0 Å². The van der Waals surface area contributed by atoms with Crippen molar-refractivity contribution < 1.29 is 0 Å². The van der Waals surface area contributed by atoms with E-state index in [1.165, 1.54) is 38.6 Å². The van der Waals surface area contributed by atoms with E-state index in [4.69, 9.17) is 0 Å². The minimum Gasteiger partial charge on any atom is -0.314 e. The number of likely N-dealkylation sites (N-methyl/N-ethyl adjacent to an activating group) is 1. The van der Waals surface area contributed by atoms with Crippen molar-refractivity contribution >= 4 is 0 Å². The van der Waals surface area contributed by atoms with Crippen LogP contribution in [0.2, 0.25) is 0 Å². The molecule has 14 heavy (non-hydrogen) atoms. The molecule has 0 aromatic heterocycles. The van der Waals surface area contributed by atoms with Gasteiger partial charge in [-0.15, -0.1) is 0 Å². The van der Waals surface area contributed by atoms with Gasteiger partial charge in [-0.2, -0.15) is 0 Å². The van der Waals surface area contributed by atoms with Crippen molar-refractivity contribution in [2.75, 3.05) is 20.1 Å². The molecule has 82 valence electrons. The minimum absolute atomic E-state index is 0.718. The Kier molecular flexibility index (Phi) is 3.45. The predicted molar refractivity (Wildman–Crippen MR) is 60.5 cm³/mol. The second-order valence-corrected chi connectivity index (χ2v) is 5.21. The van der Waals surface area contributed by atoms with Gasteiger partial charge in [-0.3, -0.25) is 4.90 Å². The van der Waals surface area contributed by atoms with Gasteiger partial charge in [-0.25, -0.2) is 0 Å². The highest BCUT2D eigenvalue weighted by atomic mass is 15.2. The van der Waals surface area contributed by atoms with E-state index < -0.39 is 0 Å². The molecule has 1 saturated heterocycles. The van der Waals surface area contributed by atoms with Gasteiger partial charge in [0, 0.05) is 25.2 Å². The van der Waals surface area contributed by atoms with Gasteiger partial charge in [0.05, 0.1) is 0 Å². The summed E-state index contributed by atoms with van der Waals surface area (Å²) >= 11 is 0. The third-order valence-electron chi connectivity index (χ3n) is 4.17. The molecule has 2 fully saturated rings. The highest BCUT2D eigenvalue weighted by molar-refractivity contribution is 4.85. The Hall–Kier alpha value is -0.0800. The lowest BCUT2D eigenvalue weighted by molar-refractivity contribution is 0.120. The molecule has 2 unspecified atom stereocenters. The molecule has 2 rings (SSSR count). The first-order valence-corrected chi connectivity index (χ1v) is 6.20. The lowest BCUT2D eigenvalue weighted by atomic mass is 9.95. The van der Waals surface area contributed by atoms with Crippen molar-refractivity contribution in [2.45, 2.75) is 51.1 Å². The van der Waals surface area contributed by atoms with Gasteiger partial charge in [0.1, 0.15) is 0 Å². The first kappa shape index (κ1) is 10.4. The zero-order chi connectivity index (χ0) is 9.97. The summed E-state index contributed by atoms with van der Waals surface area (Å²) < 4.78 is 0. The van der Waals surface area contributed by atoms with Crippen molar-refractivity contribution in [2.24, 2.45) is 5.92 Å². The Morgan fingerprint density at radius 3 is 2.64 bits per heavy atom. The van der Waals surface area contributed by atoms with E-state index in [1.54, 1.807) is 0 Å². The molecule has 1 aliphatic carbocycles. The second kappa shape index (κ2) is 4.63. The van der Waals surface area contributed by atoms with Gasteiger partial charge in [0.25, 0.3) is 0 Å². The summed E-state index contributed by atoms with van der Waals surface area (Å²) in [5.41, 5.74) is 0. The molecular formula is C12H24N2. The Balaban J connectivity index is 1.83. The molecule has 1 N–H and O–H groups in total. The normalized spacial score (nSPS) is 36.4. The van der Waals surface area contributed by atoms with E-state index in [0.29, 0.717) is 0 Å². The highest BCUT2D eigenvalue weighted by Gasteiger charge is 2.27. The maximum Gasteiger partial charge on any atom is 0.0223 e. The topological polar surface area (TPSA) is 15.3 Å². The summed E-state index contributed by atoms with van der Waals surface area (Å²) in [4.78, 5) is 2.58. The number of nitrogens with one attached hydrogen (secondary N) is 1. The molecule has 1 aliphatic heterocycles. The average Bonchev–Trinajstić information content (AvgIpc) is 2.66. The quantitative estimate of drug-likeness (QED) is 0.725. The minimum atomic E-state index is 0.718. The van der Waals surface area contributed by atoms with Gasteiger partial charge in [-0.05, 0) is 26.3 Å². The van der Waals surface area contributed by atoms with Crippen LogP contribution in [0, 0.1) is 5.92 Å². The van der Waals surface area contributed by atoms with E-state index in [0.717, 1.165) is 24.5 Å². The van der Waals surface area contributed by atoms with E-state index in [-0.39, 0.29) is 0 Å². The van der Waals surface area contributed by atoms with Crippen molar-refractivity contribution in [1.29, 1.82) is 0 Å². The molecule has 0 radical (unpaired) electrons. The van der Waals surface area contributed by atoms with Crippen molar-refractivity contribution in [3.8, 4) is 0 Å². The number of nitrogens with zero attached hydrogens (tertiary/aromatic N) is 1. The predicted octanol–water partition coefficient (Wildman–Crippen LogP) is 1.86. The number of hydrogen-bond acceptors (Lipinski definition) is 2. The summed E-state index contributed by atoms with van der Waals surface area (Å²) in [6, 6.07) is 1.51. The second-order valence-electron chi connectivity index (χ2n) is 5.21. The van der Waals surface area contributed by atoms with Crippen LogP contribution < -0.4 is 5.32 Å². The SMILES string of the molecule is CC1CNCC(CC2CCCC2)N1C. The lowest BCUT2D eigenvalue weighted by Crippen LogP contribution is -2.54. The molecule has 2 nitrogen and oxygen atoms in total. The molecule has 2 heteroatoms. The van der Waals surface area contributed by atoms with Crippen molar-refractivity contribution in [1.82, 2.24) is 10.2 Å². The molecule has 2 atom stereocenters. The van der Waals surface area contributed by atoms with Gasteiger partial charge < -0.3 is 5.32 Å². The molecule has 2 aliphatic rings. The van der Waals surface area contributed by atoms with Gasteiger partial charge in [0.2, 0.25) is 0 Å². The average molecular weight is 196 g/mol. The molecule has 0 aromatic carbocycles. The Bertz CT molecular complexity index is 175. The summed E-state index contributed by atoms with van der Waals surface area (Å²) in [6.07, 6.45) is 7.35. The fourth-order valence-electron chi connectivity index (χ4n) is 2.99. The van der Waals surface area contributed by atoms with Crippen LogP contribution in [-0.4, -0.2) is 37.1 Å². The Labute approximate surface area is 88.1 Å². The van der Waals surface area contributed by atoms with Gasteiger partial charge >= 0.3 is 0 Å². The third-order valence-corrected chi connectivity index (χ3v) is 4.17. The largest absolute Gasteiger partial charge is 0.314 e. The number of hydrogen-bond donors (Lipinski definition) is 1. The van der Waals surface area contributed by atoms with Crippen LogP contribution in [0.5, 0.6) is 0 Å². The standard InChI is InChI=1S/C12H24N2/c1-10-8-13-9-12(14(10)2)7-11-5-3-4-6-11/h10-13H,3-9H2,1-2H3. The monoisotopic (exact) mass is 196 g/mol. The van der Waals surface area contributed by atoms with E-state index in [2.05, 4.69) is 24.2 Å². The van der Waals surface area contributed by atoms with Gasteiger partial charge in [-0.1, -0.05) is 25.7 Å². The molecule has 0 aromatic rings. The fraction of sp³-hybridized carbons (Fsp3) is 1.00. The Morgan fingerprint density at radius 2 is 1.93 bits per heavy atom. The van der Waals surface area contributed by atoms with Crippen LogP contribution in [-0.2, 0) is 0 Å². The summed E-state index contributed by atoms with van der Waals surface area (Å²) in [7, 11) is 2.30. The first-order chi connectivity index (χ1) is 6.77. The van der Waals surface area contributed by atoms with E-state index in [1.807, 2.05) is 0 Å². The highest BCUT2D eigenvalue weighted by Crippen LogP contribution is 2.30. The van der Waals surface area contributed by atoms with E-state index in [9.17, 15) is 0 Å². The lowest BCUT2D eigenvalue weighted by Gasteiger charge is -2.39. The smallest absolute Gasteiger partial charge is 0.0223 e. The molecular weight excluding hydrogens is 172 g/mol. The van der Waals surface area contributed by atoms with Crippen LogP contribution in [0.25, 0.3) is 0 Å². The molecule has 0 spiro atoms. The van der Waals surface area contributed by atoms with Crippen LogP contribution in [0.4, 0.5) is 0 Å². The number of piperazine rings is 1. The molecule has 0 amide bonds. The van der Waals surface area contributed by atoms with Crippen molar-refractivity contribution in [3.05, 3.63) is 0 Å². The zero-order valence-corrected chi connectivity index (χ0v) is 9.63. The molecule has 1 saturated carbocycles. The Morgan fingerprint density at radius 1 is 1.21 bits per heavy atom. The van der Waals surface area contributed by atoms with Crippen LogP contribution in [0.15, 0.2) is 0 Å². The number of rotatable bonds is 2. The molecule has 0 bridgehead atoms. The first-order valence-electron chi connectivity index (χ1n) is 6.20.